The Labute approximate surface area is 106 Å². The number of benzene rings is 1. The number of carbonyl (C=O) groups is 1. The fraction of sp³-hybridized carbons (Fsp3) is 0.462. The number of nitrogens with zero attached hydrogens (tertiary/aromatic N) is 1. The number of hydrogen-bond acceptors (Lipinski definition) is 3. The minimum absolute atomic E-state index is 0.0760. The predicted molar refractivity (Wildman–Crippen MR) is 65.7 cm³/mol. The van der Waals surface area contributed by atoms with Crippen LogP contribution in [0.5, 0.6) is 0 Å². The van der Waals surface area contributed by atoms with Crippen LogP contribution in [0.1, 0.15) is 17.9 Å². The summed E-state index contributed by atoms with van der Waals surface area (Å²) in [5, 5.41) is 0. The number of rotatable bonds is 1. The van der Waals surface area contributed by atoms with E-state index in [1.807, 2.05) is 0 Å². The van der Waals surface area contributed by atoms with Gasteiger partial charge in [0.1, 0.15) is 5.82 Å². The lowest BCUT2D eigenvalue weighted by Crippen LogP contribution is -2.48. The van der Waals surface area contributed by atoms with E-state index in [-0.39, 0.29) is 23.9 Å². The molecule has 2 rings (SSSR count). The van der Waals surface area contributed by atoms with Crippen LogP contribution in [0.3, 0.4) is 0 Å². The Morgan fingerprint density at radius 2 is 2.06 bits per heavy atom. The Morgan fingerprint density at radius 1 is 1.39 bits per heavy atom. The van der Waals surface area contributed by atoms with Gasteiger partial charge in [0.2, 0.25) is 0 Å². The van der Waals surface area contributed by atoms with E-state index in [4.69, 9.17) is 10.5 Å². The normalized spacial score (nSPS) is 23.8. The maximum atomic E-state index is 12.9. The second-order valence-corrected chi connectivity index (χ2v) is 4.62. The van der Waals surface area contributed by atoms with Crippen molar-refractivity contribution in [2.45, 2.75) is 18.4 Å². The Morgan fingerprint density at radius 3 is 2.67 bits per heavy atom. The zero-order chi connectivity index (χ0) is 13.1. The van der Waals surface area contributed by atoms with Gasteiger partial charge in [-0.1, -0.05) is 12.1 Å². The molecule has 1 aromatic carbocycles. The lowest BCUT2D eigenvalue weighted by atomic mass is 9.88. The summed E-state index contributed by atoms with van der Waals surface area (Å²) in [6, 6.07) is 6.27. The molecule has 0 spiro atoms. The number of ether oxygens (including phenoxy) is 1. The summed E-state index contributed by atoms with van der Waals surface area (Å²) in [5.74, 6) is -0.128. The number of carbonyl (C=O) groups excluding carboxylic acids is 1. The summed E-state index contributed by atoms with van der Waals surface area (Å²) in [5.41, 5.74) is 6.95. The van der Waals surface area contributed by atoms with Gasteiger partial charge < -0.3 is 15.4 Å². The maximum Gasteiger partial charge on any atom is 0.409 e. The highest BCUT2D eigenvalue weighted by Crippen LogP contribution is 2.26. The monoisotopic (exact) mass is 252 g/mol. The Hall–Kier alpha value is -1.62. The molecule has 2 atom stereocenters. The summed E-state index contributed by atoms with van der Waals surface area (Å²) >= 11 is 0. The van der Waals surface area contributed by atoms with Gasteiger partial charge in [0.15, 0.2) is 0 Å². The summed E-state index contributed by atoms with van der Waals surface area (Å²) < 4.78 is 17.6. The molecule has 1 aromatic rings. The van der Waals surface area contributed by atoms with E-state index in [9.17, 15) is 9.18 Å². The van der Waals surface area contributed by atoms with Crippen LogP contribution in [-0.2, 0) is 4.74 Å². The van der Waals surface area contributed by atoms with Crippen LogP contribution in [0.25, 0.3) is 0 Å². The van der Waals surface area contributed by atoms with E-state index in [0.29, 0.717) is 13.1 Å². The molecule has 2 unspecified atom stereocenters. The van der Waals surface area contributed by atoms with Crippen LogP contribution >= 0.6 is 0 Å². The van der Waals surface area contributed by atoms with Gasteiger partial charge in [-0.3, -0.25) is 0 Å². The smallest absolute Gasteiger partial charge is 0.409 e. The van der Waals surface area contributed by atoms with E-state index in [0.717, 1.165) is 12.0 Å². The molecule has 2 N–H and O–H groups in total. The van der Waals surface area contributed by atoms with Crippen LogP contribution in [0.15, 0.2) is 24.3 Å². The summed E-state index contributed by atoms with van der Waals surface area (Å²) in [6.45, 7) is 1.07. The second kappa shape index (κ2) is 5.35. The molecule has 1 saturated heterocycles. The lowest BCUT2D eigenvalue weighted by Gasteiger charge is -2.35. The molecule has 98 valence electrons. The highest BCUT2D eigenvalue weighted by atomic mass is 19.1. The first-order chi connectivity index (χ1) is 8.60. The van der Waals surface area contributed by atoms with E-state index in [1.54, 1.807) is 17.0 Å². The average molecular weight is 252 g/mol. The quantitative estimate of drug-likeness (QED) is 0.827. The number of piperidine rings is 1. The van der Waals surface area contributed by atoms with Crippen molar-refractivity contribution in [3.05, 3.63) is 35.6 Å². The van der Waals surface area contributed by atoms with Crippen LogP contribution in [0.4, 0.5) is 9.18 Å². The van der Waals surface area contributed by atoms with Crippen molar-refractivity contribution >= 4 is 6.09 Å². The average Bonchev–Trinajstić information content (AvgIpc) is 2.38. The molecule has 0 bridgehead atoms. The fourth-order valence-electron chi connectivity index (χ4n) is 2.39. The third kappa shape index (κ3) is 2.79. The van der Waals surface area contributed by atoms with Gasteiger partial charge in [0, 0.05) is 25.0 Å². The molecule has 0 radical (unpaired) electrons. The van der Waals surface area contributed by atoms with Crippen molar-refractivity contribution in [3.63, 3.8) is 0 Å². The lowest BCUT2D eigenvalue weighted by molar-refractivity contribution is 0.106. The third-order valence-corrected chi connectivity index (χ3v) is 3.26. The number of amides is 1. The summed E-state index contributed by atoms with van der Waals surface area (Å²) in [7, 11) is 1.36. The van der Waals surface area contributed by atoms with Gasteiger partial charge in [0.25, 0.3) is 0 Å². The van der Waals surface area contributed by atoms with Crippen molar-refractivity contribution < 1.29 is 13.9 Å². The first-order valence-corrected chi connectivity index (χ1v) is 5.94. The van der Waals surface area contributed by atoms with Gasteiger partial charge in [-0.15, -0.1) is 0 Å². The van der Waals surface area contributed by atoms with Crippen molar-refractivity contribution in [1.82, 2.24) is 4.90 Å². The van der Waals surface area contributed by atoms with Crippen LogP contribution < -0.4 is 5.73 Å². The van der Waals surface area contributed by atoms with Crippen LogP contribution in [0.2, 0.25) is 0 Å². The van der Waals surface area contributed by atoms with Crippen LogP contribution in [0, 0.1) is 5.82 Å². The molecule has 5 heteroatoms. The number of nitrogens with two attached hydrogens (primary N) is 1. The van der Waals surface area contributed by atoms with Crippen LogP contribution in [-0.4, -0.2) is 37.2 Å². The molecular weight excluding hydrogens is 235 g/mol. The number of methoxy groups -OCH3 is 1. The fourth-order valence-corrected chi connectivity index (χ4v) is 2.39. The molecule has 4 nitrogen and oxygen atoms in total. The van der Waals surface area contributed by atoms with E-state index in [2.05, 4.69) is 0 Å². The largest absolute Gasteiger partial charge is 0.453 e. The SMILES string of the molecule is COC(=O)N1CC(N)CC(c2ccc(F)cc2)C1. The van der Waals surface area contributed by atoms with Gasteiger partial charge >= 0.3 is 6.09 Å². The second-order valence-electron chi connectivity index (χ2n) is 4.62. The van der Waals surface area contributed by atoms with Crippen molar-refractivity contribution in [3.8, 4) is 0 Å². The Bertz CT molecular complexity index is 422. The maximum absolute atomic E-state index is 12.9. The zero-order valence-corrected chi connectivity index (χ0v) is 10.3. The summed E-state index contributed by atoms with van der Waals surface area (Å²) in [6.07, 6.45) is 0.427. The number of halogens is 1. The molecular formula is C13H17FN2O2. The molecule has 18 heavy (non-hydrogen) atoms. The van der Waals surface area contributed by atoms with E-state index >= 15 is 0 Å². The molecule has 0 aromatic heterocycles. The van der Waals surface area contributed by atoms with Crippen molar-refractivity contribution in [1.29, 1.82) is 0 Å². The first kappa shape index (κ1) is 12.8. The topological polar surface area (TPSA) is 55.6 Å². The molecule has 1 aliphatic heterocycles. The Balaban J connectivity index is 2.13. The van der Waals surface area contributed by atoms with Gasteiger partial charge in [0.05, 0.1) is 7.11 Å². The molecule has 1 aliphatic rings. The predicted octanol–water partition coefficient (Wildman–Crippen LogP) is 1.71. The van der Waals surface area contributed by atoms with Gasteiger partial charge in [-0.25, -0.2) is 9.18 Å². The standard InChI is InChI=1S/C13H17FN2O2/c1-18-13(17)16-7-10(6-12(15)8-16)9-2-4-11(14)5-3-9/h2-5,10,12H,6-8,15H2,1H3. The summed E-state index contributed by atoms with van der Waals surface area (Å²) in [4.78, 5) is 13.1. The minimum atomic E-state index is -0.364. The van der Waals surface area contributed by atoms with Gasteiger partial charge in [-0.2, -0.15) is 0 Å². The van der Waals surface area contributed by atoms with E-state index < -0.39 is 0 Å². The molecule has 0 saturated carbocycles. The zero-order valence-electron chi connectivity index (χ0n) is 10.3. The van der Waals surface area contributed by atoms with Crippen molar-refractivity contribution in [2.75, 3.05) is 20.2 Å². The molecule has 1 amide bonds. The number of hydrogen-bond donors (Lipinski definition) is 1. The highest BCUT2D eigenvalue weighted by molar-refractivity contribution is 5.67. The van der Waals surface area contributed by atoms with Crippen molar-refractivity contribution in [2.24, 2.45) is 5.73 Å². The number of likely N-dealkylation sites (tertiary alicyclic amines) is 1. The van der Waals surface area contributed by atoms with E-state index in [1.165, 1.54) is 19.2 Å². The first-order valence-electron chi connectivity index (χ1n) is 5.94. The Kier molecular flexibility index (Phi) is 3.81. The third-order valence-electron chi connectivity index (χ3n) is 3.26. The molecule has 0 aliphatic carbocycles. The minimum Gasteiger partial charge on any atom is -0.453 e. The molecule has 1 heterocycles. The molecule has 1 fully saturated rings. The van der Waals surface area contributed by atoms with Gasteiger partial charge in [-0.05, 0) is 24.1 Å². The highest BCUT2D eigenvalue weighted by Gasteiger charge is 2.29.